The second-order valence-corrected chi connectivity index (χ2v) is 8.45. The molecule has 5 rings (SSSR count). The predicted molar refractivity (Wildman–Crippen MR) is 131 cm³/mol. The fourth-order valence-corrected chi connectivity index (χ4v) is 4.08. The summed E-state index contributed by atoms with van der Waals surface area (Å²) in [6.45, 7) is -2.51. The normalized spacial score (nSPS) is 12.0. The van der Waals surface area contributed by atoms with Crippen LogP contribution in [0, 0.1) is 6.92 Å². The SMILES string of the molecule is Cc1c2cc(-c3cc4cnc(NCC(F)(F)F)nc4n(-c4ccc(OC(F)F)cc4)c3=O)ccc2nn1C. The van der Waals surface area contributed by atoms with Crippen molar-refractivity contribution in [3.8, 4) is 22.6 Å². The first kappa shape index (κ1) is 25.1. The number of pyridine rings is 1. The van der Waals surface area contributed by atoms with E-state index in [2.05, 4.69) is 25.1 Å². The van der Waals surface area contributed by atoms with Crippen molar-refractivity contribution in [2.75, 3.05) is 11.9 Å². The molecule has 0 atom stereocenters. The van der Waals surface area contributed by atoms with Gasteiger partial charge in [0.2, 0.25) is 5.95 Å². The van der Waals surface area contributed by atoms with Crippen LogP contribution in [-0.4, -0.2) is 43.6 Å². The third kappa shape index (κ3) is 4.86. The van der Waals surface area contributed by atoms with E-state index in [1.165, 1.54) is 35.0 Å². The minimum Gasteiger partial charge on any atom is -0.435 e. The van der Waals surface area contributed by atoms with Crippen molar-refractivity contribution >= 4 is 27.9 Å². The van der Waals surface area contributed by atoms with Gasteiger partial charge in [0.05, 0.1) is 11.2 Å². The van der Waals surface area contributed by atoms with Crippen molar-refractivity contribution in [3.05, 3.63) is 70.8 Å². The Kier molecular flexibility index (Phi) is 6.21. The quantitative estimate of drug-likeness (QED) is 0.303. The van der Waals surface area contributed by atoms with E-state index in [-0.39, 0.29) is 28.6 Å². The molecule has 5 aromatic rings. The zero-order chi connectivity index (χ0) is 27.2. The van der Waals surface area contributed by atoms with E-state index >= 15 is 0 Å². The predicted octanol–water partition coefficient (Wildman–Crippen LogP) is 5.22. The molecule has 3 aromatic heterocycles. The van der Waals surface area contributed by atoms with E-state index in [0.717, 1.165) is 16.6 Å². The highest BCUT2D eigenvalue weighted by molar-refractivity contribution is 5.89. The summed E-state index contributed by atoms with van der Waals surface area (Å²) < 4.78 is 70.7. The second-order valence-electron chi connectivity index (χ2n) is 8.45. The van der Waals surface area contributed by atoms with Crippen molar-refractivity contribution < 1.29 is 26.7 Å². The molecular formula is C25H19F5N6O2. The zero-order valence-electron chi connectivity index (χ0n) is 19.9. The standard InChI is InChI=1S/C25H19F5N6O2/c1-13-18-9-14(3-8-20(18)34-35(13)2)19-10-15-11-31-24(32-12-25(28,29)30)33-21(15)36(22(19)37)16-4-6-17(7-5-16)38-23(26)27/h3-11,23H,12H2,1-2H3,(H,31,32,33). The third-order valence-corrected chi connectivity index (χ3v) is 5.95. The van der Waals surface area contributed by atoms with Crippen molar-refractivity contribution in [2.24, 2.45) is 7.05 Å². The molecule has 0 bridgehead atoms. The molecule has 0 radical (unpaired) electrons. The lowest BCUT2D eigenvalue weighted by molar-refractivity contribution is -0.115. The van der Waals surface area contributed by atoms with Crippen LogP contribution in [0.25, 0.3) is 38.8 Å². The van der Waals surface area contributed by atoms with Gasteiger partial charge in [0.1, 0.15) is 12.3 Å². The number of halogens is 5. The smallest absolute Gasteiger partial charge is 0.405 e. The number of nitrogens with one attached hydrogen (secondary N) is 1. The number of aromatic nitrogens is 5. The van der Waals surface area contributed by atoms with Crippen molar-refractivity contribution in [2.45, 2.75) is 19.7 Å². The van der Waals surface area contributed by atoms with Gasteiger partial charge in [-0.05, 0) is 55.0 Å². The van der Waals surface area contributed by atoms with E-state index in [9.17, 15) is 26.7 Å². The Bertz CT molecular complexity index is 1710. The highest BCUT2D eigenvalue weighted by Crippen LogP contribution is 2.28. The highest BCUT2D eigenvalue weighted by Gasteiger charge is 2.27. The van der Waals surface area contributed by atoms with Gasteiger partial charge in [-0.15, -0.1) is 0 Å². The number of benzene rings is 2. The van der Waals surface area contributed by atoms with Gasteiger partial charge in [-0.3, -0.25) is 14.0 Å². The summed E-state index contributed by atoms with van der Waals surface area (Å²) in [4.78, 5) is 22.0. The molecule has 0 aliphatic heterocycles. The van der Waals surface area contributed by atoms with Crippen LogP contribution in [0.2, 0.25) is 0 Å². The average Bonchev–Trinajstić information content (AvgIpc) is 3.15. The highest BCUT2D eigenvalue weighted by atomic mass is 19.4. The van der Waals surface area contributed by atoms with E-state index < -0.39 is 24.9 Å². The van der Waals surface area contributed by atoms with E-state index in [0.29, 0.717) is 10.9 Å². The molecular weight excluding hydrogens is 511 g/mol. The number of hydrogen-bond acceptors (Lipinski definition) is 6. The van der Waals surface area contributed by atoms with E-state index in [1.54, 1.807) is 29.9 Å². The molecule has 0 aliphatic rings. The summed E-state index contributed by atoms with van der Waals surface area (Å²) in [6.07, 6.45) is -3.20. The van der Waals surface area contributed by atoms with Gasteiger partial charge in [-0.1, -0.05) is 6.07 Å². The Morgan fingerprint density at radius 1 is 1.08 bits per heavy atom. The number of fused-ring (bicyclic) bond motifs is 2. The van der Waals surface area contributed by atoms with Gasteiger partial charge >= 0.3 is 12.8 Å². The Morgan fingerprint density at radius 3 is 2.50 bits per heavy atom. The molecule has 0 saturated heterocycles. The fraction of sp³-hybridized carbons (Fsp3) is 0.200. The molecule has 2 aromatic carbocycles. The molecule has 8 nitrogen and oxygen atoms in total. The molecule has 0 saturated carbocycles. The molecule has 13 heteroatoms. The number of anilines is 1. The molecule has 0 spiro atoms. The van der Waals surface area contributed by atoms with Crippen LogP contribution in [0.5, 0.6) is 5.75 Å². The molecule has 0 unspecified atom stereocenters. The van der Waals surface area contributed by atoms with Crippen molar-refractivity contribution in [1.82, 2.24) is 24.3 Å². The van der Waals surface area contributed by atoms with Crippen molar-refractivity contribution in [1.29, 1.82) is 0 Å². The molecule has 196 valence electrons. The summed E-state index contributed by atoms with van der Waals surface area (Å²) >= 11 is 0. The lowest BCUT2D eigenvalue weighted by Crippen LogP contribution is -2.24. The second kappa shape index (κ2) is 9.39. The first-order valence-electron chi connectivity index (χ1n) is 11.2. The van der Waals surface area contributed by atoms with Gasteiger partial charge in [0.25, 0.3) is 5.56 Å². The number of nitrogens with zero attached hydrogens (tertiary/aromatic N) is 5. The minimum absolute atomic E-state index is 0.0274. The first-order valence-corrected chi connectivity index (χ1v) is 11.2. The number of rotatable bonds is 6. The molecule has 0 aliphatic carbocycles. The zero-order valence-corrected chi connectivity index (χ0v) is 19.9. The molecule has 1 N–H and O–H groups in total. The van der Waals surface area contributed by atoms with Gasteiger partial charge in [0, 0.05) is 35.3 Å². The summed E-state index contributed by atoms with van der Waals surface area (Å²) in [5.41, 5.74) is 2.22. The number of alkyl halides is 5. The Balaban J connectivity index is 1.71. The summed E-state index contributed by atoms with van der Waals surface area (Å²) in [6, 6.07) is 12.2. The Morgan fingerprint density at radius 2 is 1.82 bits per heavy atom. The fourth-order valence-electron chi connectivity index (χ4n) is 4.08. The monoisotopic (exact) mass is 530 g/mol. The van der Waals surface area contributed by atoms with Crippen molar-refractivity contribution in [3.63, 3.8) is 0 Å². The van der Waals surface area contributed by atoms with Crippen LogP contribution < -0.4 is 15.6 Å². The number of hydrogen-bond donors (Lipinski definition) is 1. The van der Waals surface area contributed by atoms with Crippen LogP contribution >= 0.6 is 0 Å². The van der Waals surface area contributed by atoms with Crippen LogP contribution in [-0.2, 0) is 7.05 Å². The maximum absolute atomic E-state index is 13.8. The third-order valence-electron chi connectivity index (χ3n) is 5.95. The minimum atomic E-state index is -4.51. The van der Waals surface area contributed by atoms with Gasteiger partial charge in [-0.2, -0.15) is 32.0 Å². The summed E-state index contributed by atoms with van der Waals surface area (Å²) in [5.74, 6) is -0.460. The summed E-state index contributed by atoms with van der Waals surface area (Å²) in [5, 5.41) is 7.73. The lowest BCUT2D eigenvalue weighted by atomic mass is 10.0. The van der Waals surface area contributed by atoms with E-state index in [4.69, 9.17) is 0 Å². The van der Waals surface area contributed by atoms with Crippen LogP contribution in [0.3, 0.4) is 0 Å². The van der Waals surface area contributed by atoms with Crippen LogP contribution in [0.15, 0.2) is 59.5 Å². The average molecular weight is 530 g/mol. The largest absolute Gasteiger partial charge is 0.435 e. The van der Waals surface area contributed by atoms with Crippen LogP contribution in [0.1, 0.15) is 5.69 Å². The maximum atomic E-state index is 13.8. The van der Waals surface area contributed by atoms with E-state index in [1.807, 2.05) is 13.0 Å². The van der Waals surface area contributed by atoms with Gasteiger partial charge in [0.15, 0.2) is 5.65 Å². The molecule has 3 heterocycles. The maximum Gasteiger partial charge on any atom is 0.405 e. The molecule has 38 heavy (non-hydrogen) atoms. The Labute approximate surface area is 211 Å². The number of ether oxygens (including phenoxy) is 1. The first-order chi connectivity index (χ1) is 18.0. The van der Waals surface area contributed by atoms with Gasteiger partial charge in [-0.25, -0.2) is 4.98 Å². The number of aryl methyl sites for hydroxylation is 2. The molecule has 0 amide bonds. The lowest BCUT2D eigenvalue weighted by Gasteiger charge is -2.15. The topological polar surface area (TPSA) is 86.9 Å². The summed E-state index contributed by atoms with van der Waals surface area (Å²) in [7, 11) is 1.81. The van der Waals surface area contributed by atoms with Gasteiger partial charge < -0.3 is 10.1 Å². The Hall–Kier alpha value is -4.55. The van der Waals surface area contributed by atoms with Crippen LogP contribution in [0.4, 0.5) is 27.9 Å². The molecule has 0 fully saturated rings.